The first-order valence-corrected chi connectivity index (χ1v) is 10.1. The van der Waals surface area contributed by atoms with Crippen molar-refractivity contribution in [2.45, 2.75) is 38.9 Å². The molecule has 1 fully saturated rings. The Morgan fingerprint density at radius 1 is 1.14 bits per heavy atom. The highest BCUT2D eigenvalue weighted by molar-refractivity contribution is 7.80. The number of thiocarbonyl (C=S) groups is 1. The normalized spacial score (nSPS) is 15.8. The second-order valence-electron chi connectivity index (χ2n) is 7.07. The van der Waals surface area contributed by atoms with Crippen molar-refractivity contribution in [1.29, 1.82) is 0 Å². The fraction of sp³-hybridized carbons (Fsp3) is 0.364. The van der Waals surface area contributed by atoms with Crippen LogP contribution in [-0.2, 0) is 4.74 Å². The van der Waals surface area contributed by atoms with Crippen LogP contribution in [0.2, 0.25) is 0 Å². The Hall–Kier alpha value is -2.64. The van der Waals surface area contributed by atoms with Gasteiger partial charge >= 0.3 is 0 Å². The first-order chi connectivity index (χ1) is 14.0. The molecule has 0 saturated carbocycles. The number of rotatable bonds is 7. The maximum absolute atomic E-state index is 12.3. The van der Waals surface area contributed by atoms with E-state index in [4.69, 9.17) is 26.4 Å². The molecule has 7 heteroatoms. The number of carbonyl (C=O) groups excluding carboxylic acids is 1. The van der Waals surface area contributed by atoms with E-state index in [2.05, 4.69) is 10.6 Å². The Bertz CT molecular complexity index is 816. The van der Waals surface area contributed by atoms with E-state index in [-0.39, 0.29) is 23.2 Å². The van der Waals surface area contributed by atoms with Gasteiger partial charge in [0.15, 0.2) is 5.11 Å². The third-order valence-electron chi connectivity index (χ3n) is 4.29. The second-order valence-corrected chi connectivity index (χ2v) is 7.48. The van der Waals surface area contributed by atoms with E-state index in [9.17, 15) is 4.79 Å². The van der Waals surface area contributed by atoms with Crippen LogP contribution < -0.4 is 20.1 Å². The summed E-state index contributed by atoms with van der Waals surface area (Å²) in [6, 6.07) is 14.3. The molecule has 154 valence electrons. The maximum atomic E-state index is 12.3. The Balaban J connectivity index is 1.46. The summed E-state index contributed by atoms with van der Waals surface area (Å²) in [4.78, 5) is 12.3. The molecule has 2 N–H and O–H groups in total. The Morgan fingerprint density at radius 3 is 2.45 bits per heavy atom. The number of hydrogen-bond donors (Lipinski definition) is 2. The van der Waals surface area contributed by atoms with Gasteiger partial charge in [0.2, 0.25) is 0 Å². The van der Waals surface area contributed by atoms with Crippen molar-refractivity contribution in [1.82, 2.24) is 5.32 Å². The minimum atomic E-state index is -0.282. The highest BCUT2D eigenvalue weighted by Gasteiger charge is 2.16. The topological polar surface area (TPSA) is 68.8 Å². The molecule has 0 spiro atoms. The predicted molar refractivity (Wildman–Crippen MR) is 117 cm³/mol. The summed E-state index contributed by atoms with van der Waals surface area (Å²) in [6.45, 7) is 5.28. The molecule has 0 aromatic heterocycles. The van der Waals surface area contributed by atoms with Crippen LogP contribution in [0.15, 0.2) is 48.5 Å². The summed E-state index contributed by atoms with van der Waals surface area (Å²) in [5.41, 5.74) is 1.27. The Labute approximate surface area is 176 Å². The highest BCUT2D eigenvalue weighted by atomic mass is 32.1. The smallest absolute Gasteiger partial charge is 0.257 e. The number of hydrogen-bond acceptors (Lipinski definition) is 5. The van der Waals surface area contributed by atoms with Crippen molar-refractivity contribution in [3.63, 3.8) is 0 Å². The minimum absolute atomic E-state index is 0.0827. The third kappa shape index (κ3) is 6.73. The number of benzene rings is 2. The van der Waals surface area contributed by atoms with Crippen LogP contribution in [0, 0.1) is 0 Å². The molecular formula is C22H26N2O4S. The first-order valence-electron chi connectivity index (χ1n) is 9.73. The minimum Gasteiger partial charge on any atom is -0.491 e. The number of nitrogens with one attached hydrogen (secondary N) is 2. The van der Waals surface area contributed by atoms with Crippen molar-refractivity contribution in [2.24, 2.45) is 0 Å². The van der Waals surface area contributed by atoms with Crippen LogP contribution in [0.25, 0.3) is 0 Å². The van der Waals surface area contributed by atoms with E-state index in [0.29, 0.717) is 12.2 Å². The molecule has 2 aromatic rings. The molecule has 1 aliphatic heterocycles. The van der Waals surface area contributed by atoms with Crippen molar-refractivity contribution in [2.75, 3.05) is 18.5 Å². The highest BCUT2D eigenvalue weighted by Crippen LogP contribution is 2.18. The molecule has 1 amide bonds. The lowest BCUT2D eigenvalue weighted by molar-refractivity contribution is 0.0679. The van der Waals surface area contributed by atoms with Gasteiger partial charge in [-0.1, -0.05) is 0 Å². The Morgan fingerprint density at radius 2 is 1.83 bits per heavy atom. The molecule has 0 radical (unpaired) electrons. The zero-order chi connectivity index (χ0) is 20.6. The van der Waals surface area contributed by atoms with Gasteiger partial charge < -0.3 is 19.5 Å². The molecule has 1 unspecified atom stereocenters. The maximum Gasteiger partial charge on any atom is 0.257 e. The summed E-state index contributed by atoms with van der Waals surface area (Å²) in [5, 5.41) is 5.90. The van der Waals surface area contributed by atoms with E-state index in [1.54, 1.807) is 24.3 Å². The lowest BCUT2D eigenvalue weighted by atomic mass is 10.2. The molecule has 0 aliphatic carbocycles. The second kappa shape index (κ2) is 10.2. The quantitative estimate of drug-likeness (QED) is 0.663. The monoisotopic (exact) mass is 414 g/mol. The summed E-state index contributed by atoms with van der Waals surface area (Å²) in [7, 11) is 0. The predicted octanol–water partition coefficient (Wildman–Crippen LogP) is 4.16. The van der Waals surface area contributed by atoms with E-state index < -0.39 is 0 Å². The van der Waals surface area contributed by atoms with Gasteiger partial charge in [0, 0.05) is 17.9 Å². The SMILES string of the molecule is CC(C)Oc1ccc(C(=O)NC(=S)Nc2ccc(OCC3CCCO3)cc2)cc1. The molecule has 1 saturated heterocycles. The third-order valence-corrected chi connectivity index (χ3v) is 4.49. The van der Waals surface area contributed by atoms with Crippen LogP contribution in [0.4, 0.5) is 5.69 Å². The summed E-state index contributed by atoms with van der Waals surface area (Å²) in [6.07, 6.45) is 2.40. The van der Waals surface area contributed by atoms with Crippen LogP contribution in [0.3, 0.4) is 0 Å². The van der Waals surface area contributed by atoms with Crippen LogP contribution >= 0.6 is 12.2 Å². The molecule has 0 bridgehead atoms. The lowest BCUT2D eigenvalue weighted by Gasteiger charge is -2.13. The summed E-state index contributed by atoms with van der Waals surface area (Å²) in [5.74, 6) is 1.21. The van der Waals surface area contributed by atoms with Crippen LogP contribution in [0.5, 0.6) is 11.5 Å². The molecule has 3 rings (SSSR count). The lowest BCUT2D eigenvalue weighted by Crippen LogP contribution is -2.34. The van der Waals surface area contributed by atoms with Gasteiger partial charge in [-0.15, -0.1) is 0 Å². The molecule has 1 heterocycles. The summed E-state index contributed by atoms with van der Waals surface area (Å²) >= 11 is 5.24. The molecule has 2 aromatic carbocycles. The molecule has 1 aliphatic rings. The number of anilines is 1. The molecule has 29 heavy (non-hydrogen) atoms. The van der Waals surface area contributed by atoms with Gasteiger partial charge in [0.05, 0.1) is 12.2 Å². The van der Waals surface area contributed by atoms with Gasteiger partial charge in [-0.3, -0.25) is 10.1 Å². The molecule has 1 atom stereocenters. The number of ether oxygens (including phenoxy) is 3. The number of amides is 1. The van der Waals surface area contributed by atoms with Crippen LogP contribution in [-0.4, -0.2) is 36.4 Å². The number of carbonyl (C=O) groups is 1. The van der Waals surface area contributed by atoms with E-state index in [1.165, 1.54) is 0 Å². The zero-order valence-electron chi connectivity index (χ0n) is 16.6. The van der Waals surface area contributed by atoms with Crippen molar-refractivity contribution >= 4 is 28.9 Å². The van der Waals surface area contributed by atoms with Crippen molar-refractivity contribution in [3.8, 4) is 11.5 Å². The van der Waals surface area contributed by atoms with Gasteiger partial charge in [-0.05, 0) is 87.4 Å². The van der Waals surface area contributed by atoms with E-state index in [1.807, 2.05) is 38.1 Å². The zero-order valence-corrected chi connectivity index (χ0v) is 17.5. The van der Waals surface area contributed by atoms with E-state index in [0.717, 1.165) is 36.6 Å². The van der Waals surface area contributed by atoms with Gasteiger partial charge in [0.25, 0.3) is 5.91 Å². The fourth-order valence-electron chi connectivity index (χ4n) is 2.89. The van der Waals surface area contributed by atoms with Crippen molar-refractivity contribution < 1.29 is 19.0 Å². The summed E-state index contributed by atoms with van der Waals surface area (Å²) < 4.78 is 16.9. The average Bonchev–Trinajstić information content (AvgIpc) is 3.21. The first kappa shape index (κ1) is 21.1. The standard InChI is InChI=1S/C22H26N2O4S/c1-15(2)28-19-9-5-16(6-10-19)21(25)24-22(29)23-17-7-11-18(12-8-17)27-14-20-4-3-13-26-20/h5-12,15,20H,3-4,13-14H2,1-2H3,(H2,23,24,25,29). The van der Waals surface area contributed by atoms with Crippen LogP contribution in [0.1, 0.15) is 37.0 Å². The largest absolute Gasteiger partial charge is 0.491 e. The van der Waals surface area contributed by atoms with E-state index >= 15 is 0 Å². The van der Waals surface area contributed by atoms with Gasteiger partial charge in [0.1, 0.15) is 18.1 Å². The van der Waals surface area contributed by atoms with Gasteiger partial charge in [-0.25, -0.2) is 0 Å². The van der Waals surface area contributed by atoms with Crippen molar-refractivity contribution in [3.05, 3.63) is 54.1 Å². The average molecular weight is 415 g/mol. The molecular weight excluding hydrogens is 388 g/mol. The fourth-order valence-corrected chi connectivity index (χ4v) is 3.10. The van der Waals surface area contributed by atoms with Gasteiger partial charge in [-0.2, -0.15) is 0 Å². The molecule has 6 nitrogen and oxygen atoms in total. The Kier molecular flexibility index (Phi) is 7.43.